The van der Waals surface area contributed by atoms with Gasteiger partial charge in [-0.2, -0.15) is 0 Å². The Hall–Kier alpha value is -2.70. The third-order valence-corrected chi connectivity index (χ3v) is 4.23. The van der Waals surface area contributed by atoms with Gasteiger partial charge in [0.25, 0.3) is 0 Å². The third-order valence-electron chi connectivity index (χ3n) is 4.23. The predicted molar refractivity (Wildman–Crippen MR) is 95.6 cm³/mol. The summed E-state index contributed by atoms with van der Waals surface area (Å²) in [5, 5.41) is 0. The molecule has 0 fully saturated rings. The average molecular weight is 347 g/mol. The molecule has 0 spiro atoms. The summed E-state index contributed by atoms with van der Waals surface area (Å²) in [6.45, 7) is 4.64. The van der Waals surface area contributed by atoms with E-state index in [1.54, 1.807) is 34.3 Å². The quantitative estimate of drug-likeness (QED) is 0.823. The van der Waals surface area contributed by atoms with Crippen molar-refractivity contribution in [2.75, 3.05) is 35.2 Å². The van der Waals surface area contributed by atoms with Crippen LogP contribution < -0.4 is 9.47 Å². The number of ether oxygens (including phenoxy) is 2. The molecule has 0 unspecified atom stereocenters. The van der Waals surface area contributed by atoms with Crippen molar-refractivity contribution in [2.24, 2.45) is 0 Å². The second kappa shape index (κ2) is 7.04. The molecule has 1 heterocycles. The summed E-state index contributed by atoms with van der Waals surface area (Å²) in [6.07, 6.45) is -0.971. The van der Waals surface area contributed by atoms with E-state index in [4.69, 9.17) is 9.47 Å². The molecule has 0 radical (unpaired) electrons. The highest BCUT2D eigenvalue weighted by molar-refractivity contribution is 5.78. The van der Waals surface area contributed by atoms with E-state index in [0.717, 1.165) is 22.4 Å². The lowest BCUT2D eigenvalue weighted by molar-refractivity contribution is 0.169. The maximum absolute atomic E-state index is 12.0. The summed E-state index contributed by atoms with van der Waals surface area (Å²) in [6, 6.07) is 3.40. The monoisotopic (exact) mass is 347 g/mol. The molecule has 136 valence electrons. The molecule has 2 rings (SSSR count). The van der Waals surface area contributed by atoms with Crippen molar-refractivity contribution < 1.29 is 19.1 Å². The van der Waals surface area contributed by atoms with E-state index in [0.29, 0.717) is 18.0 Å². The molecule has 0 aromatic heterocycles. The molecule has 0 saturated carbocycles. The van der Waals surface area contributed by atoms with Crippen LogP contribution >= 0.6 is 0 Å². The number of hydrogen-bond donors (Lipinski definition) is 0. The molecular weight excluding hydrogens is 322 g/mol. The number of amides is 2. The molecule has 25 heavy (non-hydrogen) atoms. The smallest absolute Gasteiger partial charge is 0.410 e. The number of rotatable bonds is 2. The molecule has 0 saturated heterocycles. The normalized spacial score (nSPS) is 13.3. The van der Waals surface area contributed by atoms with E-state index in [1.807, 2.05) is 27.0 Å². The lowest BCUT2D eigenvalue weighted by Crippen LogP contribution is -2.28. The number of fused-ring (bicyclic) bond motifs is 1. The Balaban J connectivity index is 2.53. The minimum Gasteiger partial charge on any atom is -0.410 e. The average Bonchev–Trinajstić information content (AvgIpc) is 2.53. The summed E-state index contributed by atoms with van der Waals surface area (Å²) in [5.41, 5.74) is 3.98. The standard InChI is InChI=1S/C18H25N3O4/c1-11-12(2)21(7)10-15-14(11)8-13(24-17(22)19(3)4)9-16(15)25-18(23)20(5)6/h8-9H,10H2,1-7H3. The largest absolute Gasteiger partial charge is 0.414 e. The third kappa shape index (κ3) is 3.87. The van der Waals surface area contributed by atoms with Crippen LogP contribution in [0.4, 0.5) is 9.59 Å². The molecule has 0 atom stereocenters. The van der Waals surface area contributed by atoms with Gasteiger partial charge >= 0.3 is 12.2 Å². The number of hydrogen-bond acceptors (Lipinski definition) is 5. The van der Waals surface area contributed by atoms with Gasteiger partial charge < -0.3 is 24.2 Å². The maximum atomic E-state index is 12.0. The molecule has 0 bridgehead atoms. The first kappa shape index (κ1) is 18.6. The van der Waals surface area contributed by atoms with Crippen LogP contribution in [0.25, 0.3) is 5.57 Å². The first-order valence-electron chi connectivity index (χ1n) is 7.96. The second-order valence-electron chi connectivity index (χ2n) is 6.54. The number of carbonyl (C=O) groups excluding carboxylic acids is 2. The van der Waals surface area contributed by atoms with Crippen molar-refractivity contribution in [3.63, 3.8) is 0 Å². The minimum absolute atomic E-state index is 0.343. The highest BCUT2D eigenvalue weighted by atomic mass is 16.6. The van der Waals surface area contributed by atoms with Crippen LogP contribution in [0.15, 0.2) is 17.8 Å². The molecule has 1 aromatic rings. The van der Waals surface area contributed by atoms with E-state index in [1.165, 1.54) is 9.80 Å². The van der Waals surface area contributed by atoms with Gasteiger partial charge in [-0.05, 0) is 31.1 Å². The van der Waals surface area contributed by atoms with E-state index >= 15 is 0 Å². The number of allylic oxidation sites excluding steroid dienone is 2. The predicted octanol–water partition coefficient (Wildman–Crippen LogP) is 3.00. The SMILES string of the molecule is CC1=C(C)N(C)Cc2c(OC(=O)N(C)C)cc(OC(=O)N(C)C)cc21. The Morgan fingerprint density at radius 2 is 1.56 bits per heavy atom. The Kier molecular flexibility index (Phi) is 5.25. The fourth-order valence-corrected chi connectivity index (χ4v) is 2.48. The number of nitrogens with zero attached hydrogens (tertiary/aromatic N) is 3. The maximum Gasteiger partial charge on any atom is 0.414 e. The molecule has 7 nitrogen and oxygen atoms in total. The number of carbonyl (C=O) groups is 2. The zero-order chi connectivity index (χ0) is 18.9. The molecular formula is C18H25N3O4. The van der Waals surface area contributed by atoms with Crippen molar-refractivity contribution in [3.8, 4) is 11.5 Å². The van der Waals surface area contributed by atoms with Gasteiger partial charge in [-0.15, -0.1) is 0 Å². The van der Waals surface area contributed by atoms with Gasteiger partial charge in [0.2, 0.25) is 0 Å². The molecule has 1 aliphatic heterocycles. The van der Waals surface area contributed by atoms with Crippen molar-refractivity contribution >= 4 is 17.8 Å². The molecule has 7 heteroatoms. The molecule has 1 aromatic carbocycles. The number of benzene rings is 1. The first-order valence-corrected chi connectivity index (χ1v) is 7.96. The Labute approximate surface area is 148 Å². The fraction of sp³-hybridized carbons (Fsp3) is 0.444. The van der Waals surface area contributed by atoms with Gasteiger partial charge in [-0.3, -0.25) is 0 Å². The van der Waals surface area contributed by atoms with Crippen LogP contribution in [0.2, 0.25) is 0 Å². The zero-order valence-corrected chi connectivity index (χ0v) is 15.8. The molecule has 1 aliphatic rings. The van der Waals surface area contributed by atoms with Crippen LogP contribution in [0.3, 0.4) is 0 Å². The molecule has 0 N–H and O–H groups in total. The van der Waals surface area contributed by atoms with Gasteiger partial charge in [-0.1, -0.05) is 0 Å². The fourth-order valence-electron chi connectivity index (χ4n) is 2.48. The van der Waals surface area contributed by atoms with Crippen LogP contribution in [-0.2, 0) is 6.54 Å². The van der Waals surface area contributed by atoms with Crippen molar-refractivity contribution in [1.29, 1.82) is 0 Å². The van der Waals surface area contributed by atoms with E-state index < -0.39 is 12.2 Å². The lowest BCUT2D eigenvalue weighted by atomic mass is 9.94. The summed E-state index contributed by atoms with van der Waals surface area (Å²) in [7, 11) is 8.44. The molecule has 0 aliphatic carbocycles. The zero-order valence-electron chi connectivity index (χ0n) is 15.8. The van der Waals surface area contributed by atoms with Gasteiger partial charge in [0.15, 0.2) is 0 Å². The Morgan fingerprint density at radius 1 is 1.00 bits per heavy atom. The van der Waals surface area contributed by atoms with Crippen LogP contribution in [-0.4, -0.2) is 62.1 Å². The summed E-state index contributed by atoms with van der Waals surface area (Å²) in [4.78, 5) is 28.7. The lowest BCUT2D eigenvalue weighted by Gasteiger charge is -2.31. The summed E-state index contributed by atoms with van der Waals surface area (Å²) >= 11 is 0. The van der Waals surface area contributed by atoms with Gasteiger partial charge in [0.1, 0.15) is 11.5 Å². The Morgan fingerprint density at radius 3 is 2.12 bits per heavy atom. The van der Waals surface area contributed by atoms with Gasteiger partial charge in [-0.25, -0.2) is 9.59 Å². The highest BCUT2D eigenvalue weighted by Crippen LogP contribution is 2.39. The Bertz CT molecular complexity index is 738. The molecule has 2 amide bonds. The van der Waals surface area contributed by atoms with Crippen molar-refractivity contribution in [3.05, 3.63) is 29.0 Å². The first-order chi connectivity index (χ1) is 11.6. The van der Waals surface area contributed by atoms with E-state index in [9.17, 15) is 9.59 Å². The minimum atomic E-state index is -0.490. The highest BCUT2D eigenvalue weighted by Gasteiger charge is 2.24. The summed E-state index contributed by atoms with van der Waals surface area (Å²) in [5.74, 6) is 0.743. The van der Waals surface area contributed by atoms with Gasteiger partial charge in [0, 0.05) is 59.1 Å². The van der Waals surface area contributed by atoms with Crippen molar-refractivity contribution in [2.45, 2.75) is 20.4 Å². The van der Waals surface area contributed by atoms with E-state index in [2.05, 4.69) is 4.90 Å². The van der Waals surface area contributed by atoms with Crippen LogP contribution in [0.5, 0.6) is 11.5 Å². The summed E-state index contributed by atoms with van der Waals surface area (Å²) < 4.78 is 10.9. The van der Waals surface area contributed by atoms with E-state index in [-0.39, 0.29) is 0 Å². The van der Waals surface area contributed by atoms with Gasteiger partial charge in [0.05, 0.1) is 0 Å². The van der Waals surface area contributed by atoms with Crippen LogP contribution in [0.1, 0.15) is 25.0 Å². The second-order valence-corrected chi connectivity index (χ2v) is 6.54. The van der Waals surface area contributed by atoms with Crippen molar-refractivity contribution in [1.82, 2.24) is 14.7 Å². The van der Waals surface area contributed by atoms with Crippen LogP contribution in [0, 0.1) is 0 Å². The topological polar surface area (TPSA) is 62.3 Å².